The zero-order valence-corrected chi connectivity index (χ0v) is 10.6. The molecule has 4 N–H and O–H groups in total. The molecule has 0 saturated carbocycles. The summed E-state index contributed by atoms with van der Waals surface area (Å²) in [5, 5.41) is 11.6. The SMILES string of the molecule is C/C(=N/Nc1nnc(C)c(=O)[nH]1)c1ccc(N)cc1. The van der Waals surface area contributed by atoms with Gasteiger partial charge in [0.25, 0.3) is 5.56 Å². The fourth-order valence-corrected chi connectivity index (χ4v) is 1.37. The second-order valence-corrected chi connectivity index (χ2v) is 4.02. The number of hydrogen-bond donors (Lipinski definition) is 3. The number of nitrogens with one attached hydrogen (secondary N) is 2. The van der Waals surface area contributed by atoms with Crippen LogP contribution in [0.1, 0.15) is 18.2 Å². The normalized spacial score (nSPS) is 11.4. The van der Waals surface area contributed by atoms with Crippen molar-refractivity contribution in [2.75, 3.05) is 11.2 Å². The van der Waals surface area contributed by atoms with Crippen molar-refractivity contribution in [3.05, 3.63) is 45.9 Å². The van der Waals surface area contributed by atoms with Crippen LogP contribution in [-0.4, -0.2) is 20.9 Å². The van der Waals surface area contributed by atoms with Crippen LogP contribution >= 0.6 is 0 Å². The zero-order chi connectivity index (χ0) is 13.8. The van der Waals surface area contributed by atoms with Gasteiger partial charge < -0.3 is 5.73 Å². The number of aromatic amines is 1. The first-order valence-electron chi connectivity index (χ1n) is 5.66. The second-order valence-electron chi connectivity index (χ2n) is 4.02. The first-order valence-corrected chi connectivity index (χ1v) is 5.66. The number of nitrogens with two attached hydrogens (primary N) is 1. The van der Waals surface area contributed by atoms with Crippen molar-refractivity contribution in [1.29, 1.82) is 0 Å². The number of nitrogens with zero attached hydrogens (tertiary/aromatic N) is 3. The number of benzene rings is 1. The van der Waals surface area contributed by atoms with Crippen molar-refractivity contribution < 1.29 is 0 Å². The number of H-pyrrole nitrogens is 1. The number of nitrogen functional groups attached to an aromatic ring is 1. The maximum Gasteiger partial charge on any atom is 0.274 e. The Morgan fingerprint density at radius 2 is 2.00 bits per heavy atom. The molecule has 1 aromatic heterocycles. The number of hydrogen-bond acceptors (Lipinski definition) is 6. The third kappa shape index (κ3) is 3.15. The predicted octanol–water partition coefficient (Wildman–Crippen LogP) is 0.892. The van der Waals surface area contributed by atoms with Crippen LogP contribution in [0.15, 0.2) is 34.2 Å². The molecule has 7 nitrogen and oxygen atoms in total. The van der Waals surface area contributed by atoms with Gasteiger partial charge in [-0.3, -0.25) is 9.78 Å². The van der Waals surface area contributed by atoms with E-state index in [0.29, 0.717) is 11.4 Å². The predicted molar refractivity (Wildman–Crippen MR) is 74.1 cm³/mol. The fraction of sp³-hybridized carbons (Fsp3) is 0.167. The maximum absolute atomic E-state index is 11.3. The molecule has 0 aliphatic rings. The van der Waals surface area contributed by atoms with Crippen LogP contribution in [-0.2, 0) is 0 Å². The minimum Gasteiger partial charge on any atom is -0.399 e. The van der Waals surface area contributed by atoms with Gasteiger partial charge in [0, 0.05) is 5.69 Å². The first-order chi connectivity index (χ1) is 9.06. The van der Waals surface area contributed by atoms with Crippen LogP contribution in [0.4, 0.5) is 11.6 Å². The summed E-state index contributed by atoms with van der Waals surface area (Å²) in [5.41, 5.74) is 10.6. The van der Waals surface area contributed by atoms with Gasteiger partial charge in [-0.05, 0) is 31.5 Å². The van der Waals surface area contributed by atoms with Gasteiger partial charge in [0.05, 0.1) is 5.71 Å². The molecule has 2 rings (SSSR count). The summed E-state index contributed by atoms with van der Waals surface area (Å²) in [4.78, 5) is 13.9. The summed E-state index contributed by atoms with van der Waals surface area (Å²) in [6, 6.07) is 7.31. The highest BCUT2D eigenvalue weighted by Crippen LogP contribution is 2.06. The largest absolute Gasteiger partial charge is 0.399 e. The standard InChI is InChI=1S/C12H14N6O/c1-7(9-3-5-10(13)6-4-9)15-17-12-14-11(19)8(2)16-18-12/h3-6H,13H2,1-2H3,(H2,14,17,18,19)/b15-7-. The Balaban J connectivity index is 2.15. The molecule has 0 spiro atoms. The Labute approximate surface area is 109 Å². The minimum atomic E-state index is -0.294. The van der Waals surface area contributed by atoms with E-state index in [9.17, 15) is 4.79 Å². The Morgan fingerprint density at radius 1 is 1.32 bits per heavy atom. The van der Waals surface area contributed by atoms with E-state index in [1.165, 1.54) is 0 Å². The van der Waals surface area contributed by atoms with E-state index in [1.54, 1.807) is 19.1 Å². The highest BCUT2D eigenvalue weighted by atomic mass is 16.1. The molecule has 0 unspecified atom stereocenters. The Bertz CT molecular complexity index is 659. The summed E-state index contributed by atoms with van der Waals surface area (Å²) < 4.78 is 0. The molecule has 0 bridgehead atoms. The van der Waals surface area contributed by atoms with Gasteiger partial charge in [0.15, 0.2) is 0 Å². The van der Waals surface area contributed by atoms with Gasteiger partial charge in [0.1, 0.15) is 5.69 Å². The Hall–Kier alpha value is -2.70. The van der Waals surface area contributed by atoms with Gasteiger partial charge in [0.2, 0.25) is 5.95 Å². The van der Waals surface area contributed by atoms with Crippen molar-refractivity contribution >= 4 is 17.3 Å². The van der Waals surface area contributed by atoms with Gasteiger partial charge in [-0.15, -0.1) is 10.2 Å². The van der Waals surface area contributed by atoms with Crippen LogP contribution in [0.25, 0.3) is 0 Å². The smallest absolute Gasteiger partial charge is 0.274 e. The molecule has 98 valence electrons. The molecule has 0 aliphatic carbocycles. The number of anilines is 2. The molecule has 0 saturated heterocycles. The highest BCUT2D eigenvalue weighted by molar-refractivity contribution is 5.99. The fourth-order valence-electron chi connectivity index (χ4n) is 1.37. The molecule has 7 heteroatoms. The average Bonchev–Trinajstić information content (AvgIpc) is 2.40. The number of aryl methyl sites for hydroxylation is 1. The first kappa shape index (κ1) is 12.7. The lowest BCUT2D eigenvalue weighted by molar-refractivity contribution is 0.897. The third-order valence-electron chi connectivity index (χ3n) is 2.52. The summed E-state index contributed by atoms with van der Waals surface area (Å²) in [7, 11) is 0. The maximum atomic E-state index is 11.3. The molecule has 1 aromatic carbocycles. The summed E-state index contributed by atoms with van der Waals surface area (Å²) in [6.07, 6.45) is 0. The average molecular weight is 258 g/mol. The molecule has 19 heavy (non-hydrogen) atoms. The van der Waals surface area contributed by atoms with Gasteiger partial charge in [-0.2, -0.15) is 5.10 Å². The number of rotatable bonds is 3. The molecular formula is C12H14N6O. The second kappa shape index (κ2) is 5.30. The molecule has 0 amide bonds. The van der Waals surface area contributed by atoms with E-state index in [-0.39, 0.29) is 11.5 Å². The minimum absolute atomic E-state index is 0.199. The molecular weight excluding hydrogens is 244 g/mol. The van der Waals surface area contributed by atoms with E-state index in [4.69, 9.17) is 5.73 Å². The molecule has 0 atom stereocenters. The van der Waals surface area contributed by atoms with Gasteiger partial charge in [-0.25, -0.2) is 5.43 Å². The van der Waals surface area contributed by atoms with Crippen molar-refractivity contribution in [2.45, 2.75) is 13.8 Å². The van der Waals surface area contributed by atoms with Gasteiger partial charge in [-0.1, -0.05) is 12.1 Å². The quantitative estimate of drug-likeness (QED) is 0.430. The lowest BCUT2D eigenvalue weighted by Gasteiger charge is -2.03. The Morgan fingerprint density at radius 3 is 2.63 bits per heavy atom. The molecule has 1 heterocycles. The Kier molecular flexibility index (Phi) is 3.56. The van der Waals surface area contributed by atoms with Crippen LogP contribution in [0.5, 0.6) is 0 Å². The summed E-state index contributed by atoms with van der Waals surface area (Å²) >= 11 is 0. The van der Waals surface area contributed by atoms with E-state index in [2.05, 4.69) is 25.7 Å². The van der Waals surface area contributed by atoms with Crippen LogP contribution in [0, 0.1) is 6.92 Å². The highest BCUT2D eigenvalue weighted by Gasteiger charge is 2.00. The summed E-state index contributed by atoms with van der Waals surface area (Å²) in [6.45, 7) is 3.41. The number of aromatic nitrogens is 3. The van der Waals surface area contributed by atoms with E-state index in [1.807, 2.05) is 19.1 Å². The van der Waals surface area contributed by atoms with E-state index >= 15 is 0 Å². The molecule has 0 aliphatic heterocycles. The molecule has 2 aromatic rings. The van der Waals surface area contributed by atoms with Crippen molar-refractivity contribution in [3.63, 3.8) is 0 Å². The lowest BCUT2D eigenvalue weighted by Crippen LogP contribution is -2.16. The molecule has 0 fully saturated rings. The third-order valence-corrected chi connectivity index (χ3v) is 2.52. The van der Waals surface area contributed by atoms with Crippen molar-refractivity contribution in [3.8, 4) is 0 Å². The lowest BCUT2D eigenvalue weighted by atomic mass is 10.1. The van der Waals surface area contributed by atoms with E-state index in [0.717, 1.165) is 11.3 Å². The summed E-state index contributed by atoms with van der Waals surface area (Å²) in [5.74, 6) is 0.199. The monoisotopic (exact) mass is 258 g/mol. The van der Waals surface area contributed by atoms with E-state index < -0.39 is 0 Å². The van der Waals surface area contributed by atoms with Crippen molar-refractivity contribution in [1.82, 2.24) is 15.2 Å². The zero-order valence-electron chi connectivity index (χ0n) is 10.6. The van der Waals surface area contributed by atoms with Crippen LogP contribution in [0.3, 0.4) is 0 Å². The molecule has 0 radical (unpaired) electrons. The van der Waals surface area contributed by atoms with Crippen molar-refractivity contribution in [2.24, 2.45) is 5.10 Å². The van der Waals surface area contributed by atoms with Crippen LogP contribution < -0.4 is 16.7 Å². The number of hydrazone groups is 1. The topological polar surface area (TPSA) is 109 Å². The van der Waals surface area contributed by atoms with Gasteiger partial charge >= 0.3 is 0 Å². The van der Waals surface area contributed by atoms with Crippen LogP contribution in [0.2, 0.25) is 0 Å².